The molecule has 2 aromatic heterocycles. The molecular weight excluding hydrogens is 282 g/mol. The Morgan fingerprint density at radius 1 is 1.58 bits per heavy atom. The van der Waals surface area contributed by atoms with Crippen LogP contribution >= 0.6 is 23.6 Å². The van der Waals surface area contributed by atoms with Gasteiger partial charge in [0.2, 0.25) is 0 Å². The van der Waals surface area contributed by atoms with Gasteiger partial charge in [0.1, 0.15) is 6.04 Å². The largest absolute Gasteiger partial charge is 0.467 e. The molecular formula is C12H15N3O2S2. The lowest BCUT2D eigenvalue weighted by Crippen LogP contribution is -2.26. The van der Waals surface area contributed by atoms with Gasteiger partial charge in [-0.3, -0.25) is 9.67 Å². The van der Waals surface area contributed by atoms with Crippen molar-refractivity contribution in [3.8, 4) is 10.7 Å². The fourth-order valence-electron chi connectivity index (χ4n) is 1.94. The number of nitrogens with one attached hydrogen (secondary N) is 1. The number of hydrogen-bond donors (Lipinski definition) is 1. The van der Waals surface area contributed by atoms with E-state index in [-0.39, 0.29) is 11.9 Å². The van der Waals surface area contributed by atoms with Crippen molar-refractivity contribution in [3.05, 3.63) is 22.3 Å². The van der Waals surface area contributed by atoms with Crippen molar-refractivity contribution in [2.75, 3.05) is 7.11 Å². The molecule has 2 heterocycles. The molecule has 0 amide bonds. The number of esters is 1. The van der Waals surface area contributed by atoms with Crippen LogP contribution in [0.1, 0.15) is 19.9 Å². The highest BCUT2D eigenvalue weighted by Gasteiger charge is 2.29. The molecule has 102 valence electrons. The van der Waals surface area contributed by atoms with Crippen LogP contribution in [0.4, 0.5) is 0 Å². The van der Waals surface area contributed by atoms with E-state index in [1.807, 2.05) is 31.4 Å². The van der Waals surface area contributed by atoms with Crippen LogP contribution in [-0.2, 0) is 9.53 Å². The Hall–Kier alpha value is -1.47. The Kier molecular flexibility index (Phi) is 4.16. The molecule has 2 aromatic rings. The number of H-pyrrole nitrogens is 1. The zero-order valence-corrected chi connectivity index (χ0v) is 12.5. The molecule has 1 unspecified atom stereocenters. The monoisotopic (exact) mass is 297 g/mol. The van der Waals surface area contributed by atoms with Crippen LogP contribution in [0.2, 0.25) is 0 Å². The minimum atomic E-state index is -0.478. The Bertz CT molecular complexity index is 613. The number of ether oxygens (including phenoxy) is 1. The van der Waals surface area contributed by atoms with Gasteiger partial charge in [-0.1, -0.05) is 19.9 Å². The number of aromatic nitrogens is 3. The molecule has 1 N–H and O–H groups in total. The first-order valence-electron chi connectivity index (χ1n) is 5.85. The summed E-state index contributed by atoms with van der Waals surface area (Å²) in [5, 5.41) is 8.94. The third-order valence-corrected chi connectivity index (χ3v) is 3.95. The van der Waals surface area contributed by atoms with Gasteiger partial charge in [0.25, 0.3) is 0 Å². The average Bonchev–Trinajstić information content (AvgIpc) is 2.99. The predicted octanol–water partition coefficient (Wildman–Crippen LogP) is 3.04. The maximum absolute atomic E-state index is 12.0. The molecule has 0 saturated carbocycles. The lowest BCUT2D eigenvalue weighted by atomic mass is 10.0. The molecule has 0 bridgehead atoms. The highest BCUT2D eigenvalue weighted by Crippen LogP contribution is 2.29. The minimum Gasteiger partial charge on any atom is -0.467 e. The van der Waals surface area contributed by atoms with E-state index in [1.165, 1.54) is 7.11 Å². The van der Waals surface area contributed by atoms with Gasteiger partial charge in [0, 0.05) is 0 Å². The fourth-order valence-corrected chi connectivity index (χ4v) is 2.89. The molecule has 0 aliphatic rings. The SMILES string of the molecule is COC(=O)C(C(C)C)n1c(-c2cccs2)n[nH]c1=S. The summed E-state index contributed by atoms with van der Waals surface area (Å²) in [6, 6.07) is 3.40. The summed E-state index contributed by atoms with van der Waals surface area (Å²) in [6.07, 6.45) is 0. The predicted molar refractivity (Wildman–Crippen MR) is 76.6 cm³/mol. The molecule has 5 nitrogen and oxygen atoms in total. The van der Waals surface area contributed by atoms with Crippen molar-refractivity contribution in [2.24, 2.45) is 5.92 Å². The summed E-state index contributed by atoms with van der Waals surface area (Å²) in [6.45, 7) is 3.91. The molecule has 7 heteroatoms. The van der Waals surface area contributed by atoms with E-state index in [1.54, 1.807) is 15.9 Å². The van der Waals surface area contributed by atoms with Gasteiger partial charge in [-0.25, -0.2) is 4.79 Å². The van der Waals surface area contributed by atoms with E-state index < -0.39 is 6.04 Å². The number of rotatable bonds is 4. The van der Waals surface area contributed by atoms with E-state index in [4.69, 9.17) is 17.0 Å². The molecule has 0 saturated heterocycles. The Labute approximate surface area is 120 Å². The Morgan fingerprint density at radius 3 is 2.84 bits per heavy atom. The number of thiophene rings is 1. The van der Waals surface area contributed by atoms with E-state index in [2.05, 4.69) is 10.2 Å². The number of hydrogen-bond acceptors (Lipinski definition) is 5. The van der Waals surface area contributed by atoms with Crippen molar-refractivity contribution in [1.82, 2.24) is 14.8 Å². The van der Waals surface area contributed by atoms with E-state index >= 15 is 0 Å². The first-order valence-corrected chi connectivity index (χ1v) is 7.13. The molecule has 0 fully saturated rings. The zero-order chi connectivity index (χ0) is 14.0. The maximum Gasteiger partial charge on any atom is 0.329 e. The molecule has 0 aliphatic heterocycles. The van der Waals surface area contributed by atoms with Gasteiger partial charge in [-0.15, -0.1) is 11.3 Å². The van der Waals surface area contributed by atoms with Crippen LogP contribution in [0.5, 0.6) is 0 Å². The van der Waals surface area contributed by atoms with Gasteiger partial charge in [0.05, 0.1) is 12.0 Å². The first kappa shape index (κ1) is 14.0. The summed E-state index contributed by atoms with van der Waals surface area (Å²) in [5.74, 6) is 0.407. The number of carbonyl (C=O) groups is 1. The van der Waals surface area contributed by atoms with Crippen LogP contribution in [0, 0.1) is 10.7 Å². The summed E-state index contributed by atoms with van der Waals surface area (Å²) in [4.78, 5) is 13.0. The van der Waals surface area contributed by atoms with Gasteiger partial charge < -0.3 is 4.74 Å². The van der Waals surface area contributed by atoms with E-state index in [9.17, 15) is 4.79 Å². The molecule has 0 radical (unpaired) electrons. The highest BCUT2D eigenvalue weighted by molar-refractivity contribution is 7.71. The minimum absolute atomic E-state index is 0.0514. The second kappa shape index (κ2) is 5.66. The molecule has 0 aromatic carbocycles. The standard InChI is InChI=1S/C12H15N3O2S2/c1-7(2)9(11(16)17-3)15-10(13-14-12(15)18)8-5-4-6-19-8/h4-7,9H,1-3H3,(H,14,18). The van der Waals surface area contributed by atoms with Crippen molar-refractivity contribution >= 4 is 29.5 Å². The smallest absolute Gasteiger partial charge is 0.329 e. The van der Waals surface area contributed by atoms with Crippen molar-refractivity contribution in [3.63, 3.8) is 0 Å². The third-order valence-electron chi connectivity index (χ3n) is 2.80. The number of nitrogens with zero attached hydrogens (tertiary/aromatic N) is 2. The van der Waals surface area contributed by atoms with Gasteiger partial charge in [-0.2, -0.15) is 5.10 Å². The van der Waals surface area contributed by atoms with Crippen molar-refractivity contribution in [1.29, 1.82) is 0 Å². The van der Waals surface area contributed by atoms with Crippen LogP contribution in [-0.4, -0.2) is 27.8 Å². The topological polar surface area (TPSA) is 59.9 Å². The molecule has 0 spiro atoms. The Balaban J connectivity index is 2.57. The van der Waals surface area contributed by atoms with Crippen LogP contribution < -0.4 is 0 Å². The van der Waals surface area contributed by atoms with Crippen LogP contribution in [0.25, 0.3) is 10.7 Å². The van der Waals surface area contributed by atoms with E-state index in [0.717, 1.165) is 4.88 Å². The summed E-state index contributed by atoms with van der Waals surface area (Å²) >= 11 is 6.80. The van der Waals surface area contributed by atoms with Crippen molar-refractivity contribution < 1.29 is 9.53 Å². The average molecular weight is 297 g/mol. The second-order valence-electron chi connectivity index (χ2n) is 4.41. The summed E-state index contributed by atoms with van der Waals surface area (Å²) < 4.78 is 7.04. The molecule has 0 aliphatic carbocycles. The van der Waals surface area contributed by atoms with E-state index in [0.29, 0.717) is 10.6 Å². The first-order chi connectivity index (χ1) is 9.06. The molecule has 1 atom stereocenters. The Morgan fingerprint density at radius 2 is 2.32 bits per heavy atom. The second-order valence-corrected chi connectivity index (χ2v) is 5.75. The highest BCUT2D eigenvalue weighted by atomic mass is 32.1. The van der Waals surface area contributed by atoms with Gasteiger partial charge in [-0.05, 0) is 29.6 Å². The maximum atomic E-state index is 12.0. The van der Waals surface area contributed by atoms with Gasteiger partial charge >= 0.3 is 5.97 Å². The number of methoxy groups -OCH3 is 1. The van der Waals surface area contributed by atoms with Crippen LogP contribution in [0.3, 0.4) is 0 Å². The van der Waals surface area contributed by atoms with Gasteiger partial charge in [0.15, 0.2) is 10.6 Å². The molecule has 2 rings (SSSR count). The lowest BCUT2D eigenvalue weighted by Gasteiger charge is -2.20. The lowest BCUT2D eigenvalue weighted by molar-refractivity contribution is -0.146. The zero-order valence-electron chi connectivity index (χ0n) is 10.9. The number of carbonyl (C=O) groups excluding carboxylic acids is 1. The third kappa shape index (κ3) is 2.62. The normalized spacial score (nSPS) is 12.6. The fraction of sp³-hybridized carbons (Fsp3) is 0.417. The number of aromatic amines is 1. The van der Waals surface area contributed by atoms with Crippen LogP contribution in [0.15, 0.2) is 17.5 Å². The quantitative estimate of drug-likeness (QED) is 0.696. The molecule has 19 heavy (non-hydrogen) atoms. The van der Waals surface area contributed by atoms with Crippen molar-refractivity contribution in [2.45, 2.75) is 19.9 Å². The summed E-state index contributed by atoms with van der Waals surface area (Å²) in [7, 11) is 1.38. The summed E-state index contributed by atoms with van der Waals surface area (Å²) in [5.41, 5.74) is 0.